The summed E-state index contributed by atoms with van der Waals surface area (Å²) in [6, 6.07) is 0. The molecule has 0 saturated heterocycles. The van der Waals surface area contributed by atoms with Gasteiger partial charge in [-0.2, -0.15) is 0 Å². The van der Waals surface area contributed by atoms with E-state index in [-0.39, 0.29) is 5.41 Å². The van der Waals surface area contributed by atoms with Gasteiger partial charge in [0.25, 0.3) is 0 Å². The molecule has 0 radical (unpaired) electrons. The molecule has 0 atom stereocenters. The smallest absolute Gasteiger partial charge is 0.0595 e. The molecule has 0 saturated carbocycles. The van der Waals surface area contributed by atoms with E-state index in [9.17, 15) is 0 Å². The van der Waals surface area contributed by atoms with E-state index in [2.05, 4.69) is 44.6 Å². The number of rotatable bonds is 3. The average molecular weight is 206 g/mol. The first-order valence-corrected chi connectivity index (χ1v) is 5.66. The predicted molar refractivity (Wildman–Crippen MR) is 63.7 cm³/mol. The van der Waals surface area contributed by atoms with Gasteiger partial charge < -0.3 is 0 Å². The van der Waals surface area contributed by atoms with Gasteiger partial charge in [-0.25, -0.2) is 0 Å². The van der Waals surface area contributed by atoms with Crippen molar-refractivity contribution in [3.63, 3.8) is 0 Å². The van der Waals surface area contributed by atoms with Gasteiger partial charge in [0.05, 0.1) is 11.4 Å². The molecular weight excluding hydrogens is 184 g/mol. The summed E-state index contributed by atoms with van der Waals surface area (Å²) in [5, 5.41) is 0. The second-order valence-corrected chi connectivity index (χ2v) is 5.84. The van der Waals surface area contributed by atoms with Crippen molar-refractivity contribution in [2.24, 2.45) is 11.3 Å². The first kappa shape index (κ1) is 12.2. The highest BCUT2D eigenvalue weighted by molar-refractivity contribution is 5.05. The molecule has 0 unspecified atom stereocenters. The highest BCUT2D eigenvalue weighted by Gasteiger charge is 2.12. The van der Waals surface area contributed by atoms with Crippen LogP contribution < -0.4 is 0 Å². The summed E-state index contributed by atoms with van der Waals surface area (Å²) in [5.74, 6) is 0.643. The molecule has 0 aromatic carbocycles. The van der Waals surface area contributed by atoms with Crippen LogP contribution in [0.5, 0.6) is 0 Å². The summed E-state index contributed by atoms with van der Waals surface area (Å²) >= 11 is 0. The van der Waals surface area contributed by atoms with Crippen LogP contribution in [0.2, 0.25) is 0 Å². The zero-order chi connectivity index (χ0) is 11.5. The average Bonchev–Trinajstić information content (AvgIpc) is 1.99. The molecule has 1 rings (SSSR count). The molecule has 0 amide bonds. The van der Waals surface area contributed by atoms with Crippen molar-refractivity contribution in [3.05, 3.63) is 23.8 Å². The highest BCUT2D eigenvalue weighted by Crippen LogP contribution is 2.19. The Morgan fingerprint density at radius 3 is 2.27 bits per heavy atom. The van der Waals surface area contributed by atoms with Crippen molar-refractivity contribution < 1.29 is 0 Å². The molecule has 0 bridgehead atoms. The van der Waals surface area contributed by atoms with Crippen molar-refractivity contribution in [3.8, 4) is 0 Å². The van der Waals surface area contributed by atoms with E-state index in [4.69, 9.17) is 0 Å². The van der Waals surface area contributed by atoms with Gasteiger partial charge in [0.1, 0.15) is 0 Å². The Bertz CT molecular complexity index is 311. The summed E-state index contributed by atoms with van der Waals surface area (Å²) in [5.41, 5.74) is 2.51. The molecule has 84 valence electrons. The van der Waals surface area contributed by atoms with Crippen LogP contribution in [0, 0.1) is 11.3 Å². The standard InChI is InChI=1S/C13H22N2/c1-10(2)6-11-8-14-9-12(15-11)7-13(3,4)5/h8-10H,6-7H2,1-5H3. The van der Waals surface area contributed by atoms with Crippen LogP contribution in [0.3, 0.4) is 0 Å². The molecular formula is C13H22N2. The zero-order valence-electron chi connectivity index (χ0n) is 10.5. The van der Waals surface area contributed by atoms with E-state index in [1.54, 1.807) is 0 Å². The Hall–Kier alpha value is -0.920. The molecule has 0 spiro atoms. The topological polar surface area (TPSA) is 25.8 Å². The maximum Gasteiger partial charge on any atom is 0.0595 e. The Labute approximate surface area is 93.2 Å². The van der Waals surface area contributed by atoms with E-state index in [0.717, 1.165) is 24.2 Å². The molecule has 0 aliphatic carbocycles. The minimum Gasteiger partial charge on any atom is -0.261 e. The molecule has 0 aliphatic rings. The molecule has 0 aliphatic heterocycles. The Kier molecular flexibility index (Phi) is 3.83. The van der Waals surface area contributed by atoms with Crippen LogP contribution >= 0.6 is 0 Å². The zero-order valence-corrected chi connectivity index (χ0v) is 10.5. The van der Waals surface area contributed by atoms with Gasteiger partial charge in [-0.05, 0) is 24.2 Å². The summed E-state index contributed by atoms with van der Waals surface area (Å²) in [6.45, 7) is 11.1. The minimum atomic E-state index is 0.283. The summed E-state index contributed by atoms with van der Waals surface area (Å²) in [4.78, 5) is 8.90. The molecule has 1 aromatic heterocycles. The van der Waals surface area contributed by atoms with Crippen molar-refractivity contribution in [2.75, 3.05) is 0 Å². The predicted octanol–water partition coefficient (Wildman–Crippen LogP) is 3.26. The van der Waals surface area contributed by atoms with E-state index >= 15 is 0 Å². The summed E-state index contributed by atoms with van der Waals surface area (Å²) < 4.78 is 0. The monoisotopic (exact) mass is 206 g/mol. The first-order valence-electron chi connectivity index (χ1n) is 5.66. The van der Waals surface area contributed by atoms with E-state index in [1.165, 1.54) is 0 Å². The fourth-order valence-corrected chi connectivity index (χ4v) is 1.60. The number of aromatic nitrogens is 2. The Balaban J connectivity index is 2.74. The van der Waals surface area contributed by atoms with Gasteiger partial charge in [0.2, 0.25) is 0 Å². The SMILES string of the molecule is CC(C)Cc1cncc(CC(C)(C)C)n1. The normalized spacial score (nSPS) is 12.1. The van der Waals surface area contributed by atoms with Gasteiger partial charge >= 0.3 is 0 Å². The van der Waals surface area contributed by atoms with Crippen LogP contribution in [0.4, 0.5) is 0 Å². The number of nitrogens with zero attached hydrogens (tertiary/aromatic N) is 2. The Morgan fingerprint density at radius 1 is 1.13 bits per heavy atom. The summed E-state index contributed by atoms with van der Waals surface area (Å²) in [7, 11) is 0. The molecule has 1 aromatic rings. The molecule has 2 heteroatoms. The second-order valence-electron chi connectivity index (χ2n) is 5.84. The number of hydrogen-bond acceptors (Lipinski definition) is 2. The van der Waals surface area contributed by atoms with Crippen LogP contribution in [0.1, 0.15) is 46.0 Å². The lowest BCUT2D eigenvalue weighted by Crippen LogP contribution is -2.12. The Morgan fingerprint density at radius 2 is 1.73 bits per heavy atom. The highest BCUT2D eigenvalue weighted by atomic mass is 14.8. The van der Waals surface area contributed by atoms with Gasteiger partial charge in [-0.1, -0.05) is 34.6 Å². The third-order valence-electron chi connectivity index (χ3n) is 2.06. The van der Waals surface area contributed by atoms with Gasteiger partial charge in [-0.3, -0.25) is 9.97 Å². The third kappa shape index (κ3) is 4.91. The lowest BCUT2D eigenvalue weighted by atomic mass is 9.91. The lowest BCUT2D eigenvalue weighted by Gasteiger charge is -2.17. The molecule has 0 fully saturated rings. The van der Waals surface area contributed by atoms with E-state index < -0.39 is 0 Å². The van der Waals surface area contributed by atoms with Crippen LogP contribution in [-0.4, -0.2) is 9.97 Å². The molecule has 1 heterocycles. The van der Waals surface area contributed by atoms with Crippen molar-refractivity contribution in [2.45, 2.75) is 47.5 Å². The minimum absolute atomic E-state index is 0.283. The second kappa shape index (κ2) is 4.73. The molecule has 15 heavy (non-hydrogen) atoms. The fraction of sp³-hybridized carbons (Fsp3) is 0.692. The third-order valence-corrected chi connectivity index (χ3v) is 2.06. The van der Waals surface area contributed by atoms with Crippen molar-refractivity contribution >= 4 is 0 Å². The molecule has 2 nitrogen and oxygen atoms in total. The lowest BCUT2D eigenvalue weighted by molar-refractivity contribution is 0.405. The first-order chi connectivity index (χ1) is 6.87. The quantitative estimate of drug-likeness (QED) is 0.758. The van der Waals surface area contributed by atoms with Gasteiger partial charge in [0, 0.05) is 12.4 Å². The largest absolute Gasteiger partial charge is 0.261 e. The van der Waals surface area contributed by atoms with E-state index in [0.29, 0.717) is 5.92 Å². The van der Waals surface area contributed by atoms with Crippen LogP contribution in [0.15, 0.2) is 12.4 Å². The maximum atomic E-state index is 4.64. The van der Waals surface area contributed by atoms with Crippen molar-refractivity contribution in [1.82, 2.24) is 9.97 Å². The molecule has 0 N–H and O–H groups in total. The number of hydrogen-bond donors (Lipinski definition) is 0. The van der Waals surface area contributed by atoms with Crippen molar-refractivity contribution in [1.29, 1.82) is 0 Å². The van der Waals surface area contributed by atoms with Gasteiger partial charge in [0.15, 0.2) is 0 Å². The summed E-state index contributed by atoms with van der Waals surface area (Å²) in [6.07, 6.45) is 5.78. The maximum absolute atomic E-state index is 4.64. The van der Waals surface area contributed by atoms with Gasteiger partial charge in [-0.15, -0.1) is 0 Å². The van der Waals surface area contributed by atoms with Crippen LogP contribution in [-0.2, 0) is 12.8 Å². The van der Waals surface area contributed by atoms with E-state index in [1.807, 2.05) is 12.4 Å². The van der Waals surface area contributed by atoms with Crippen LogP contribution in [0.25, 0.3) is 0 Å². The fourth-order valence-electron chi connectivity index (χ4n) is 1.60.